The average molecular weight is 444 g/mol. The Morgan fingerprint density at radius 2 is 2.18 bits per heavy atom. The number of fused-ring (bicyclic) bond motifs is 3. The number of pyridine rings is 1. The monoisotopic (exact) mass is 443 g/mol. The molecule has 2 aromatic heterocycles. The summed E-state index contributed by atoms with van der Waals surface area (Å²) >= 11 is 3.39. The summed E-state index contributed by atoms with van der Waals surface area (Å²) in [5, 5.41) is 6.78. The van der Waals surface area contributed by atoms with E-state index in [0.717, 1.165) is 10.0 Å². The largest absolute Gasteiger partial charge is 0.328 e. The van der Waals surface area contributed by atoms with Crippen LogP contribution in [0.4, 0.5) is 10.3 Å². The van der Waals surface area contributed by atoms with Crippen molar-refractivity contribution in [2.24, 2.45) is 0 Å². The molecule has 2 aliphatic rings. The van der Waals surface area contributed by atoms with Gasteiger partial charge in [0, 0.05) is 28.2 Å². The van der Waals surface area contributed by atoms with Crippen LogP contribution in [0.5, 0.6) is 0 Å². The molecule has 28 heavy (non-hydrogen) atoms. The Morgan fingerprint density at radius 1 is 1.36 bits per heavy atom. The van der Waals surface area contributed by atoms with Crippen molar-refractivity contribution in [1.29, 1.82) is 0 Å². The van der Waals surface area contributed by atoms with Crippen molar-refractivity contribution in [3.63, 3.8) is 0 Å². The van der Waals surface area contributed by atoms with Gasteiger partial charge >= 0.3 is 0 Å². The molecule has 9 heteroatoms. The lowest BCUT2D eigenvalue weighted by molar-refractivity contribution is -0.117. The Bertz CT molecular complexity index is 1100. The third-order valence-electron chi connectivity index (χ3n) is 5.32. The maximum atomic E-state index is 14.3. The van der Waals surface area contributed by atoms with Crippen molar-refractivity contribution in [3.05, 3.63) is 58.2 Å². The average Bonchev–Trinajstić information content (AvgIpc) is 3.12. The van der Waals surface area contributed by atoms with Crippen LogP contribution in [0.25, 0.3) is 5.65 Å². The number of halogens is 2. The van der Waals surface area contributed by atoms with Gasteiger partial charge in [0.15, 0.2) is 5.65 Å². The lowest BCUT2D eigenvalue weighted by Gasteiger charge is -2.34. The number of carbonyl (C=O) groups is 2. The van der Waals surface area contributed by atoms with E-state index in [1.54, 1.807) is 35.0 Å². The van der Waals surface area contributed by atoms with Gasteiger partial charge in [-0.15, -0.1) is 5.10 Å². The molecular weight excluding hydrogens is 429 g/mol. The van der Waals surface area contributed by atoms with Crippen LogP contribution in [0, 0.1) is 0 Å². The summed E-state index contributed by atoms with van der Waals surface area (Å²) in [7, 11) is 0. The number of nitrogens with zero attached hydrogens (tertiary/aromatic N) is 4. The molecule has 1 saturated carbocycles. The van der Waals surface area contributed by atoms with Gasteiger partial charge in [0.25, 0.3) is 5.91 Å². The van der Waals surface area contributed by atoms with E-state index in [9.17, 15) is 14.0 Å². The lowest BCUT2D eigenvalue weighted by Crippen LogP contribution is -2.47. The number of hydrogen-bond acceptors (Lipinski definition) is 4. The van der Waals surface area contributed by atoms with E-state index in [2.05, 4.69) is 31.3 Å². The van der Waals surface area contributed by atoms with Crippen LogP contribution in [0.2, 0.25) is 0 Å². The van der Waals surface area contributed by atoms with Crippen LogP contribution >= 0.6 is 15.9 Å². The first-order valence-electron chi connectivity index (χ1n) is 8.81. The molecule has 0 saturated heterocycles. The van der Waals surface area contributed by atoms with Crippen molar-refractivity contribution in [2.45, 2.75) is 18.0 Å². The minimum Gasteiger partial charge on any atom is -0.328 e. The second-order valence-electron chi connectivity index (χ2n) is 7.17. The predicted octanol–water partition coefficient (Wildman–Crippen LogP) is 2.57. The Morgan fingerprint density at radius 3 is 2.93 bits per heavy atom. The van der Waals surface area contributed by atoms with Gasteiger partial charge in [-0.25, -0.2) is 8.91 Å². The summed E-state index contributed by atoms with van der Waals surface area (Å²) in [5.41, 5.74) is 1.06. The fourth-order valence-corrected chi connectivity index (χ4v) is 4.20. The topological polar surface area (TPSA) is 79.6 Å². The summed E-state index contributed by atoms with van der Waals surface area (Å²) in [6.45, 7) is 0.000821. The quantitative estimate of drug-likeness (QED) is 0.674. The highest BCUT2D eigenvalue weighted by Gasteiger charge is 2.61. The molecule has 1 spiro atoms. The van der Waals surface area contributed by atoms with Crippen molar-refractivity contribution < 1.29 is 14.0 Å². The number of carbonyl (C=O) groups excluding carboxylic acids is 2. The second kappa shape index (κ2) is 6.10. The molecule has 0 unspecified atom stereocenters. The molecule has 2 atom stereocenters. The second-order valence-corrected chi connectivity index (χ2v) is 8.08. The highest BCUT2D eigenvalue weighted by molar-refractivity contribution is 9.10. The van der Waals surface area contributed by atoms with Crippen LogP contribution in [0.3, 0.4) is 0 Å². The molecule has 1 N–H and O–H groups in total. The molecule has 1 aliphatic heterocycles. The summed E-state index contributed by atoms with van der Waals surface area (Å²) < 4.78 is 16.6. The highest BCUT2D eigenvalue weighted by atomic mass is 79.9. The van der Waals surface area contributed by atoms with Gasteiger partial charge in [-0.3, -0.25) is 14.9 Å². The van der Waals surface area contributed by atoms with E-state index in [-0.39, 0.29) is 24.9 Å². The Hall–Kier alpha value is -2.81. The molecule has 5 rings (SSSR count). The number of rotatable bonds is 3. The predicted molar refractivity (Wildman–Crippen MR) is 103 cm³/mol. The van der Waals surface area contributed by atoms with E-state index in [0.29, 0.717) is 17.6 Å². The van der Waals surface area contributed by atoms with E-state index in [1.165, 1.54) is 4.90 Å². The van der Waals surface area contributed by atoms with Crippen molar-refractivity contribution >= 4 is 39.3 Å². The van der Waals surface area contributed by atoms with E-state index < -0.39 is 17.5 Å². The fourth-order valence-electron chi connectivity index (χ4n) is 3.84. The Labute approximate surface area is 167 Å². The van der Waals surface area contributed by atoms with Crippen LogP contribution in [-0.4, -0.2) is 50.6 Å². The van der Waals surface area contributed by atoms with Gasteiger partial charge < -0.3 is 4.90 Å². The number of anilines is 1. The van der Waals surface area contributed by atoms with E-state index in [1.807, 2.05) is 12.1 Å². The lowest BCUT2D eigenvalue weighted by atomic mass is 9.86. The number of aromatic nitrogens is 3. The molecular formula is C19H15BrFN5O2. The maximum absolute atomic E-state index is 14.3. The zero-order chi connectivity index (χ0) is 19.5. The first-order chi connectivity index (χ1) is 13.5. The molecule has 0 bridgehead atoms. The van der Waals surface area contributed by atoms with Crippen LogP contribution < -0.4 is 5.32 Å². The van der Waals surface area contributed by atoms with Crippen molar-refractivity contribution in [1.82, 2.24) is 19.5 Å². The maximum Gasteiger partial charge on any atom is 0.254 e. The summed E-state index contributed by atoms with van der Waals surface area (Å²) in [6.07, 6.45) is 1.06. The minimum atomic E-state index is -1.01. The first kappa shape index (κ1) is 17.3. The van der Waals surface area contributed by atoms with Crippen molar-refractivity contribution in [2.75, 3.05) is 18.4 Å². The van der Waals surface area contributed by atoms with Crippen molar-refractivity contribution in [3.8, 4) is 0 Å². The summed E-state index contributed by atoms with van der Waals surface area (Å²) in [5.74, 6) is -0.532. The van der Waals surface area contributed by atoms with Gasteiger partial charge in [-0.2, -0.15) is 4.98 Å². The van der Waals surface area contributed by atoms with Gasteiger partial charge in [-0.1, -0.05) is 22.0 Å². The van der Waals surface area contributed by atoms with E-state index >= 15 is 0 Å². The van der Waals surface area contributed by atoms with Crippen LogP contribution in [0.15, 0.2) is 47.1 Å². The third-order valence-corrected chi connectivity index (χ3v) is 5.81. The molecule has 3 aromatic rings. The minimum absolute atomic E-state index is 0.162. The SMILES string of the molecule is O=C(CN1C[C@@]2(C[C@@H]2F)c2cc(Br)ccc2C1=O)Nc1nc2ccccn2n1. The standard InChI is InChI=1S/C19H15BrFN5O2/c20-11-4-5-12-13(7-11)19(8-14(19)21)10-25(17(12)28)9-16(27)23-18-22-15-3-1-2-6-26(15)24-18/h1-7,14H,8-10H2,(H,23,24,27)/t14-,19-/m0/s1. The molecule has 142 valence electrons. The van der Waals surface area contributed by atoms with Gasteiger partial charge in [-0.05, 0) is 42.3 Å². The molecule has 1 fully saturated rings. The zero-order valence-electron chi connectivity index (χ0n) is 14.6. The van der Waals surface area contributed by atoms with Gasteiger partial charge in [0.1, 0.15) is 12.7 Å². The molecule has 7 nitrogen and oxygen atoms in total. The van der Waals surface area contributed by atoms with E-state index in [4.69, 9.17) is 0 Å². The fraction of sp³-hybridized carbons (Fsp3) is 0.263. The summed E-state index contributed by atoms with van der Waals surface area (Å²) in [4.78, 5) is 31.0. The van der Waals surface area contributed by atoms with Crippen LogP contribution in [-0.2, 0) is 10.2 Å². The molecule has 3 heterocycles. The molecule has 1 aromatic carbocycles. The number of benzene rings is 1. The molecule has 1 aliphatic carbocycles. The number of nitrogens with one attached hydrogen (secondary N) is 1. The summed E-state index contributed by atoms with van der Waals surface area (Å²) in [6, 6.07) is 10.6. The zero-order valence-corrected chi connectivity index (χ0v) is 16.2. The molecule has 0 radical (unpaired) electrons. The normalized spacial score (nSPS) is 23.1. The number of amides is 2. The Balaban J connectivity index is 1.37. The van der Waals surface area contributed by atoms with Gasteiger partial charge in [0.2, 0.25) is 11.9 Å². The Kier molecular flexibility index (Phi) is 3.77. The smallest absolute Gasteiger partial charge is 0.254 e. The number of alkyl halides is 1. The highest BCUT2D eigenvalue weighted by Crippen LogP contribution is 2.54. The number of hydrogen-bond donors (Lipinski definition) is 1. The van der Waals surface area contributed by atoms with Crippen LogP contribution in [0.1, 0.15) is 22.3 Å². The molecule has 2 amide bonds. The third kappa shape index (κ3) is 2.69. The van der Waals surface area contributed by atoms with Gasteiger partial charge in [0.05, 0.1) is 0 Å². The first-order valence-corrected chi connectivity index (χ1v) is 9.60.